The summed E-state index contributed by atoms with van der Waals surface area (Å²) in [5.41, 5.74) is 0.520. The van der Waals surface area contributed by atoms with Crippen LogP contribution in [0.25, 0.3) is 0 Å². The molecule has 124 valence electrons. The first-order chi connectivity index (χ1) is 10.00. The van der Waals surface area contributed by atoms with Crippen molar-refractivity contribution in [3.8, 4) is 5.75 Å². The van der Waals surface area contributed by atoms with Crippen molar-refractivity contribution in [2.24, 2.45) is 0 Å². The van der Waals surface area contributed by atoms with Crippen molar-refractivity contribution in [1.82, 2.24) is 4.72 Å². The summed E-state index contributed by atoms with van der Waals surface area (Å²) in [7, 11) is -2.21. The first-order valence-electron chi connectivity index (χ1n) is 6.90. The van der Waals surface area contributed by atoms with Crippen LogP contribution in [0.3, 0.4) is 0 Å². The zero-order valence-corrected chi connectivity index (χ0v) is 14.4. The molecule has 2 N–H and O–H groups in total. The van der Waals surface area contributed by atoms with E-state index in [0.717, 1.165) is 5.56 Å². The summed E-state index contributed by atoms with van der Waals surface area (Å²) in [6.45, 7) is 6.85. The molecule has 1 aromatic carbocycles. The fourth-order valence-corrected chi connectivity index (χ4v) is 3.92. The van der Waals surface area contributed by atoms with Crippen molar-refractivity contribution in [1.29, 1.82) is 0 Å². The number of benzene rings is 1. The van der Waals surface area contributed by atoms with Crippen molar-refractivity contribution >= 4 is 16.0 Å². The molecule has 6 nitrogen and oxygen atoms in total. The Labute approximate surface area is 131 Å². The number of sulfonamides is 1. The minimum Gasteiger partial charge on any atom is -0.496 e. The van der Waals surface area contributed by atoms with E-state index in [1.165, 1.54) is 13.2 Å². The second-order valence-electron chi connectivity index (χ2n) is 5.90. The molecule has 0 bridgehead atoms. The highest BCUT2D eigenvalue weighted by Gasteiger charge is 2.28. The molecule has 7 heteroatoms. The molecule has 0 fully saturated rings. The number of nitrogens with one attached hydrogen (secondary N) is 1. The molecule has 0 saturated heterocycles. The predicted molar refractivity (Wildman–Crippen MR) is 83.7 cm³/mol. The van der Waals surface area contributed by atoms with E-state index < -0.39 is 21.5 Å². The summed E-state index contributed by atoms with van der Waals surface area (Å²) in [5, 5.41) is 8.74. The zero-order valence-electron chi connectivity index (χ0n) is 13.6. The van der Waals surface area contributed by atoms with Gasteiger partial charge >= 0.3 is 5.97 Å². The normalized spacial score (nSPS) is 12.2. The van der Waals surface area contributed by atoms with E-state index >= 15 is 0 Å². The zero-order chi connectivity index (χ0) is 17.1. The molecule has 0 amide bonds. The van der Waals surface area contributed by atoms with E-state index in [0.29, 0.717) is 11.3 Å². The third kappa shape index (κ3) is 4.45. The Morgan fingerprint density at radius 2 is 1.86 bits per heavy atom. The van der Waals surface area contributed by atoms with Crippen molar-refractivity contribution in [3.63, 3.8) is 0 Å². The van der Waals surface area contributed by atoms with Crippen LogP contribution in [0.5, 0.6) is 5.75 Å². The first-order valence-corrected chi connectivity index (χ1v) is 8.38. The van der Waals surface area contributed by atoms with E-state index in [1.807, 2.05) is 0 Å². The van der Waals surface area contributed by atoms with Crippen LogP contribution < -0.4 is 9.46 Å². The highest BCUT2D eigenvalue weighted by Crippen LogP contribution is 2.28. The van der Waals surface area contributed by atoms with E-state index in [1.54, 1.807) is 33.8 Å². The molecule has 0 saturated carbocycles. The number of carboxylic acids is 1. The van der Waals surface area contributed by atoms with Gasteiger partial charge in [-0.05, 0) is 57.4 Å². The molecule has 0 atom stereocenters. The van der Waals surface area contributed by atoms with Crippen LogP contribution in [-0.2, 0) is 14.8 Å². The summed E-state index contributed by atoms with van der Waals surface area (Å²) >= 11 is 0. The average Bonchev–Trinajstić information content (AvgIpc) is 2.38. The van der Waals surface area contributed by atoms with Crippen LogP contribution in [0.4, 0.5) is 0 Å². The highest BCUT2D eigenvalue weighted by molar-refractivity contribution is 7.89. The van der Waals surface area contributed by atoms with Gasteiger partial charge in [0.2, 0.25) is 10.0 Å². The lowest BCUT2D eigenvalue weighted by Gasteiger charge is -2.26. The van der Waals surface area contributed by atoms with Gasteiger partial charge in [0.1, 0.15) is 5.75 Å². The first kappa shape index (κ1) is 18.4. The molecule has 0 aliphatic heterocycles. The molecule has 22 heavy (non-hydrogen) atoms. The van der Waals surface area contributed by atoms with Crippen LogP contribution in [0, 0.1) is 13.8 Å². The second kappa shape index (κ2) is 6.66. The van der Waals surface area contributed by atoms with Gasteiger partial charge in [-0.15, -0.1) is 0 Å². The smallest absolute Gasteiger partial charge is 0.303 e. The van der Waals surface area contributed by atoms with Gasteiger partial charge in [0.25, 0.3) is 0 Å². The minimum atomic E-state index is -3.74. The van der Waals surface area contributed by atoms with Gasteiger partial charge in [0, 0.05) is 12.0 Å². The number of carboxylic acid groups (broad SMARTS) is 1. The molecule has 1 rings (SSSR count). The highest BCUT2D eigenvalue weighted by atomic mass is 32.2. The number of methoxy groups -OCH3 is 1. The number of rotatable bonds is 7. The molecule has 0 radical (unpaired) electrons. The van der Waals surface area contributed by atoms with E-state index in [4.69, 9.17) is 9.84 Å². The van der Waals surface area contributed by atoms with Gasteiger partial charge in [0.05, 0.1) is 12.0 Å². The van der Waals surface area contributed by atoms with Crippen molar-refractivity contribution in [3.05, 3.63) is 23.3 Å². The van der Waals surface area contributed by atoms with Crippen molar-refractivity contribution in [2.75, 3.05) is 7.11 Å². The molecule has 0 spiro atoms. The largest absolute Gasteiger partial charge is 0.496 e. The van der Waals surface area contributed by atoms with Crippen LogP contribution in [-0.4, -0.2) is 32.1 Å². The molecular weight excluding hydrogens is 306 g/mol. The molecule has 0 aromatic heterocycles. The van der Waals surface area contributed by atoms with Gasteiger partial charge in [-0.2, -0.15) is 0 Å². The third-order valence-electron chi connectivity index (χ3n) is 3.57. The molecule has 0 aliphatic rings. The summed E-state index contributed by atoms with van der Waals surface area (Å²) < 4.78 is 32.9. The predicted octanol–water partition coefficient (Wildman–Crippen LogP) is 2.23. The summed E-state index contributed by atoms with van der Waals surface area (Å²) in [6, 6.07) is 3.11. The topological polar surface area (TPSA) is 92.7 Å². The monoisotopic (exact) mass is 329 g/mol. The van der Waals surface area contributed by atoms with Crippen LogP contribution in [0.15, 0.2) is 17.0 Å². The number of hydrogen-bond donors (Lipinski definition) is 2. The summed E-state index contributed by atoms with van der Waals surface area (Å²) in [6.07, 6.45) is 0.103. The van der Waals surface area contributed by atoms with E-state index in [9.17, 15) is 13.2 Å². The fourth-order valence-electron chi connectivity index (χ4n) is 2.17. The molecule has 0 heterocycles. The number of carbonyl (C=O) groups is 1. The van der Waals surface area contributed by atoms with Gasteiger partial charge in [0.15, 0.2) is 0 Å². The van der Waals surface area contributed by atoms with Crippen LogP contribution >= 0.6 is 0 Å². The van der Waals surface area contributed by atoms with Crippen molar-refractivity contribution < 1.29 is 23.1 Å². The Morgan fingerprint density at radius 3 is 2.36 bits per heavy atom. The quantitative estimate of drug-likeness (QED) is 0.800. The Bertz CT molecular complexity index is 665. The number of ether oxygens (including phenoxy) is 1. The van der Waals surface area contributed by atoms with Gasteiger partial charge < -0.3 is 9.84 Å². The molecule has 1 aromatic rings. The van der Waals surface area contributed by atoms with E-state index in [-0.39, 0.29) is 17.7 Å². The Balaban J connectivity index is 3.10. The lowest BCUT2D eigenvalue weighted by Crippen LogP contribution is -2.43. The SMILES string of the molecule is COc1ccc(S(=O)(=O)NC(C)(C)CCC(=O)O)c(C)c1C. The Kier molecular flexibility index (Phi) is 5.59. The van der Waals surface area contributed by atoms with Gasteiger partial charge in [-0.1, -0.05) is 0 Å². The average molecular weight is 329 g/mol. The molecular formula is C15H23NO5S. The van der Waals surface area contributed by atoms with Crippen LogP contribution in [0.1, 0.15) is 37.8 Å². The number of hydrogen-bond acceptors (Lipinski definition) is 4. The maximum Gasteiger partial charge on any atom is 0.303 e. The van der Waals surface area contributed by atoms with Crippen LogP contribution in [0.2, 0.25) is 0 Å². The lowest BCUT2D eigenvalue weighted by atomic mass is 10.0. The number of aliphatic carboxylic acids is 1. The van der Waals surface area contributed by atoms with Crippen molar-refractivity contribution in [2.45, 2.75) is 51.0 Å². The van der Waals surface area contributed by atoms with Gasteiger partial charge in [-0.3, -0.25) is 4.79 Å². The molecule has 0 aliphatic carbocycles. The Morgan fingerprint density at radius 1 is 1.27 bits per heavy atom. The summed E-state index contributed by atoms with van der Waals surface area (Å²) in [4.78, 5) is 10.8. The standard InChI is InChI=1S/C15H23NO5S/c1-10-11(2)13(7-6-12(10)21-5)22(19,20)16-15(3,4)9-8-14(17)18/h6-7,16H,8-9H2,1-5H3,(H,17,18). The maximum atomic E-state index is 12.6. The second-order valence-corrected chi connectivity index (χ2v) is 7.55. The molecule has 0 unspecified atom stereocenters. The maximum absolute atomic E-state index is 12.6. The fraction of sp³-hybridized carbons (Fsp3) is 0.533. The van der Waals surface area contributed by atoms with E-state index in [2.05, 4.69) is 4.72 Å². The minimum absolute atomic E-state index is 0.101. The summed E-state index contributed by atoms with van der Waals surface area (Å²) in [5.74, 6) is -0.328. The Hall–Kier alpha value is -1.60. The van der Waals surface area contributed by atoms with Gasteiger partial charge in [-0.25, -0.2) is 13.1 Å². The lowest BCUT2D eigenvalue weighted by molar-refractivity contribution is -0.137. The third-order valence-corrected chi connectivity index (χ3v) is 5.41.